The highest BCUT2D eigenvalue weighted by atomic mass is 35.5. The standard InChI is InChI=1S/C20H22ClN3OS/c1-13(15-7-6-8-16(21)11-15)22-12-19(25)24(3)14(2)20-23-17-9-4-5-10-18(17)26-20/h4-11,13-14,22H,12H2,1-3H3/t13-,14-/m1/s1. The third kappa shape index (κ3) is 4.23. The number of para-hydroxylation sites is 1. The van der Waals surface area contributed by atoms with Crippen molar-refractivity contribution >= 4 is 39.1 Å². The summed E-state index contributed by atoms with van der Waals surface area (Å²) < 4.78 is 1.14. The van der Waals surface area contributed by atoms with Crippen molar-refractivity contribution in [3.63, 3.8) is 0 Å². The fourth-order valence-corrected chi connectivity index (χ4v) is 3.97. The molecule has 3 rings (SSSR count). The van der Waals surface area contributed by atoms with Gasteiger partial charge in [-0.3, -0.25) is 4.79 Å². The first-order chi connectivity index (χ1) is 12.5. The quantitative estimate of drug-likeness (QED) is 0.659. The van der Waals surface area contributed by atoms with Crippen LogP contribution in [-0.4, -0.2) is 29.4 Å². The number of hydrogen-bond donors (Lipinski definition) is 1. The van der Waals surface area contributed by atoms with Gasteiger partial charge in [-0.2, -0.15) is 0 Å². The molecule has 0 saturated heterocycles. The number of likely N-dealkylation sites (N-methyl/N-ethyl adjacent to an activating group) is 1. The van der Waals surface area contributed by atoms with Gasteiger partial charge in [-0.15, -0.1) is 11.3 Å². The molecule has 1 N–H and O–H groups in total. The van der Waals surface area contributed by atoms with Gasteiger partial charge in [0.15, 0.2) is 0 Å². The molecule has 3 aromatic rings. The van der Waals surface area contributed by atoms with E-state index in [1.54, 1.807) is 16.2 Å². The number of benzene rings is 2. The van der Waals surface area contributed by atoms with E-state index in [2.05, 4.69) is 16.4 Å². The molecule has 136 valence electrons. The van der Waals surface area contributed by atoms with Crippen LogP contribution in [0, 0.1) is 0 Å². The summed E-state index contributed by atoms with van der Waals surface area (Å²) in [4.78, 5) is 19.0. The number of nitrogens with one attached hydrogen (secondary N) is 1. The first-order valence-electron chi connectivity index (χ1n) is 8.55. The molecule has 0 aliphatic heterocycles. The zero-order valence-corrected chi connectivity index (χ0v) is 16.6. The van der Waals surface area contributed by atoms with Crippen LogP contribution < -0.4 is 5.32 Å². The van der Waals surface area contributed by atoms with Crippen molar-refractivity contribution in [3.05, 3.63) is 64.1 Å². The fraction of sp³-hybridized carbons (Fsp3) is 0.300. The van der Waals surface area contributed by atoms with Crippen molar-refractivity contribution in [1.29, 1.82) is 0 Å². The monoisotopic (exact) mass is 387 g/mol. The number of carbonyl (C=O) groups is 1. The van der Waals surface area contributed by atoms with E-state index in [0.717, 1.165) is 20.8 Å². The Balaban J connectivity index is 1.61. The zero-order chi connectivity index (χ0) is 18.7. The van der Waals surface area contributed by atoms with Crippen LogP contribution >= 0.6 is 22.9 Å². The lowest BCUT2D eigenvalue weighted by molar-refractivity contribution is -0.131. The van der Waals surface area contributed by atoms with Gasteiger partial charge in [-0.1, -0.05) is 35.9 Å². The van der Waals surface area contributed by atoms with E-state index in [1.165, 1.54) is 0 Å². The van der Waals surface area contributed by atoms with E-state index < -0.39 is 0 Å². The molecule has 6 heteroatoms. The SMILES string of the molecule is C[C@H](c1nc2ccccc2s1)N(C)C(=O)CN[C@H](C)c1cccc(Cl)c1. The van der Waals surface area contributed by atoms with Crippen molar-refractivity contribution in [2.75, 3.05) is 13.6 Å². The molecule has 0 radical (unpaired) electrons. The summed E-state index contributed by atoms with van der Waals surface area (Å²) in [5.41, 5.74) is 2.04. The Kier molecular flexibility index (Phi) is 5.91. The molecule has 4 nitrogen and oxygen atoms in total. The van der Waals surface area contributed by atoms with Crippen molar-refractivity contribution in [3.8, 4) is 0 Å². The molecule has 2 atom stereocenters. The highest BCUT2D eigenvalue weighted by molar-refractivity contribution is 7.18. The minimum absolute atomic E-state index is 0.0330. The van der Waals surface area contributed by atoms with Gasteiger partial charge in [0.2, 0.25) is 5.91 Å². The maximum Gasteiger partial charge on any atom is 0.236 e. The summed E-state index contributed by atoms with van der Waals surface area (Å²) in [6.45, 7) is 4.30. The van der Waals surface area contributed by atoms with E-state index in [0.29, 0.717) is 5.02 Å². The first kappa shape index (κ1) is 18.8. The second kappa shape index (κ2) is 8.16. The van der Waals surface area contributed by atoms with E-state index in [1.807, 2.05) is 63.4 Å². The number of fused-ring (bicyclic) bond motifs is 1. The van der Waals surface area contributed by atoms with Gasteiger partial charge in [0.05, 0.1) is 22.8 Å². The van der Waals surface area contributed by atoms with Gasteiger partial charge in [0, 0.05) is 18.1 Å². The maximum absolute atomic E-state index is 12.6. The first-order valence-corrected chi connectivity index (χ1v) is 9.75. The summed E-state index contributed by atoms with van der Waals surface area (Å²) in [5.74, 6) is 0.0330. The Morgan fingerprint density at radius 3 is 2.73 bits per heavy atom. The molecule has 2 aromatic carbocycles. The van der Waals surface area contributed by atoms with Crippen LogP contribution in [0.15, 0.2) is 48.5 Å². The van der Waals surface area contributed by atoms with Crippen LogP contribution in [0.1, 0.15) is 36.5 Å². The average molecular weight is 388 g/mol. The summed E-state index contributed by atoms with van der Waals surface area (Å²) in [6, 6.07) is 15.7. The zero-order valence-electron chi connectivity index (χ0n) is 15.1. The van der Waals surface area contributed by atoms with Gasteiger partial charge in [0.1, 0.15) is 5.01 Å². The van der Waals surface area contributed by atoms with Crippen LogP contribution in [-0.2, 0) is 4.79 Å². The molecule has 26 heavy (non-hydrogen) atoms. The van der Waals surface area contributed by atoms with Crippen LogP contribution in [0.3, 0.4) is 0 Å². The number of hydrogen-bond acceptors (Lipinski definition) is 4. The number of rotatable bonds is 6. The van der Waals surface area contributed by atoms with Crippen LogP contribution in [0.5, 0.6) is 0 Å². The minimum atomic E-state index is -0.0665. The van der Waals surface area contributed by atoms with E-state index in [9.17, 15) is 4.79 Å². The Morgan fingerprint density at radius 1 is 1.23 bits per heavy atom. The molecule has 1 amide bonds. The maximum atomic E-state index is 12.6. The molecule has 0 bridgehead atoms. The van der Waals surface area contributed by atoms with E-state index in [-0.39, 0.29) is 24.5 Å². The molecule has 1 heterocycles. The van der Waals surface area contributed by atoms with Gasteiger partial charge in [-0.05, 0) is 43.7 Å². The lowest BCUT2D eigenvalue weighted by Gasteiger charge is -2.24. The highest BCUT2D eigenvalue weighted by Gasteiger charge is 2.21. The number of amides is 1. The van der Waals surface area contributed by atoms with Gasteiger partial charge in [-0.25, -0.2) is 4.98 Å². The van der Waals surface area contributed by atoms with Crippen LogP contribution in [0.2, 0.25) is 5.02 Å². The Hall–Kier alpha value is -1.95. The predicted molar refractivity (Wildman–Crippen MR) is 109 cm³/mol. The number of thiazole rings is 1. The molecule has 0 saturated carbocycles. The van der Waals surface area contributed by atoms with Crippen molar-refractivity contribution in [2.45, 2.75) is 25.9 Å². The average Bonchev–Trinajstić information content (AvgIpc) is 3.08. The highest BCUT2D eigenvalue weighted by Crippen LogP contribution is 2.28. The molecule has 0 aliphatic rings. The summed E-state index contributed by atoms with van der Waals surface area (Å²) in [5, 5.41) is 4.92. The Morgan fingerprint density at radius 2 is 2.00 bits per heavy atom. The molecule has 0 spiro atoms. The smallest absolute Gasteiger partial charge is 0.236 e. The second-order valence-electron chi connectivity index (χ2n) is 6.36. The van der Waals surface area contributed by atoms with Crippen LogP contribution in [0.25, 0.3) is 10.2 Å². The molecule has 0 unspecified atom stereocenters. The fourth-order valence-electron chi connectivity index (χ4n) is 2.71. The number of aromatic nitrogens is 1. The minimum Gasteiger partial charge on any atom is -0.335 e. The van der Waals surface area contributed by atoms with E-state index >= 15 is 0 Å². The van der Waals surface area contributed by atoms with Gasteiger partial charge < -0.3 is 10.2 Å². The molecular formula is C20H22ClN3OS. The van der Waals surface area contributed by atoms with Crippen LogP contribution in [0.4, 0.5) is 0 Å². The van der Waals surface area contributed by atoms with Gasteiger partial charge >= 0.3 is 0 Å². The number of halogens is 1. The third-order valence-electron chi connectivity index (χ3n) is 4.55. The van der Waals surface area contributed by atoms with E-state index in [4.69, 9.17) is 11.6 Å². The molecule has 0 fully saturated rings. The largest absolute Gasteiger partial charge is 0.335 e. The third-order valence-corrected chi connectivity index (χ3v) is 5.99. The summed E-state index contributed by atoms with van der Waals surface area (Å²) >= 11 is 7.67. The molecule has 0 aliphatic carbocycles. The molecular weight excluding hydrogens is 366 g/mol. The second-order valence-corrected chi connectivity index (χ2v) is 7.86. The topological polar surface area (TPSA) is 45.2 Å². The van der Waals surface area contributed by atoms with Crippen molar-refractivity contribution in [2.24, 2.45) is 0 Å². The number of nitrogens with zero attached hydrogens (tertiary/aromatic N) is 2. The predicted octanol–water partition coefficient (Wildman–Crippen LogP) is 4.82. The lowest BCUT2D eigenvalue weighted by Crippen LogP contribution is -2.37. The Labute approximate surface area is 162 Å². The van der Waals surface area contributed by atoms with Crippen molar-refractivity contribution < 1.29 is 4.79 Å². The van der Waals surface area contributed by atoms with Gasteiger partial charge in [0.25, 0.3) is 0 Å². The summed E-state index contributed by atoms with van der Waals surface area (Å²) in [7, 11) is 1.82. The lowest BCUT2D eigenvalue weighted by atomic mass is 10.1. The normalized spacial score (nSPS) is 13.5. The summed E-state index contributed by atoms with van der Waals surface area (Å²) in [6.07, 6.45) is 0. The Bertz CT molecular complexity index is 878. The number of carbonyl (C=O) groups excluding carboxylic acids is 1. The molecule has 1 aromatic heterocycles. The van der Waals surface area contributed by atoms with Crippen molar-refractivity contribution in [1.82, 2.24) is 15.2 Å².